The minimum absolute atomic E-state index is 0.00918. The number of rotatable bonds is 5. The molecule has 3 aromatic rings. The van der Waals surface area contributed by atoms with E-state index in [1.165, 1.54) is 10.6 Å². The van der Waals surface area contributed by atoms with Crippen LogP contribution in [0.5, 0.6) is 0 Å². The molecule has 0 atom stereocenters. The van der Waals surface area contributed by atoms with E-state index >= 15 is 0 Å². The maximum atomic E-state index is 13.3. The predicted octanol–water partition coefficient (Wildman–Crippen LogP) is 5.57. The minimum atomic E-state index is -0.413. The molecule has 178 valence electrons. The Labute approximate surface area is 212 Å². The summed E-state index contributed by atoms with van der Waals surface area (Å²) >= 11 is 18.6. The molecule has 0 unspecified atom stereocenters. The summed E-state index contributed by atoms with van der Waals surface area (Å²) in [7, 11) is 0. The Kier molecular flexibility index (Phi) is 7.66. The lowest BCUT2D eigenvalue weighted by atomic mass is 10.1. The number of benzene rings is 2. The van der Waals surface area contributed by atoms with Crippen LogP contribution in [-0.2, 0) is 4.74 Å². The van der Waals surface area contributed by atoms with Crippen LogP contribution in [0.3, 0.4) is 0 Å². The number of carbonyl (C=O) groups excluding carboxylic acids is 1. The van der Waals surface area contributed by atoms with Crippen molar-refractivity contribution in [2.75, 3.05) is 24.6 Å². The van der Waals surface area contributed by atoms with Crippen LogP contribution in [0.2, 0.25) is 15.1 Å². The third-order valence-electron chi connectivity index (χ3n) is 5.58. The van der Waals surface area contributed by atoms with Gasteiger partial charge in [-0.05, 0) is 62.2 Å². The zero-order chi connectivity index (χ0) is 24.2. The number of ether oxygens (including phenoxy) is 1. The summed E-state index contributed by atoms with van der Waals surface area (Å²) in [6.45, 7) is 3.35. The molecule has 1 aromatic heterocycles. The zero-order valence-corrected chi connectivity index (χ0v) is 20.7. The molecule has 1 aliphatic heterocycles. The fourth-order valence-corrected chi connectivity index (χ4v) is 4.53. The van der Waals surface area contributed by atoms with Crippen LogP contribution in [0, 0.1) is 0 Å². The maximum absolute atomic E-state index is 13.3. The van der Waals surface area contributed by atoms with E-state index in [4.69, 9.17) is 44.5 Å². The van der Waals surface area contributed by atoms with Gasteiger partial charge in [0, 0.05) is 40.8 Å². The number of hydrogen-bond donors (Lipinski definition) is 1. The number of halogens is 3. The van der Waals surface area contributed by atoms with Crippen molar-refractivity contribution in [1.82, 2.24) is 14.9 Å². The zero-order valence-electron chi connectivity index (χ0n) is 18.4. The van der Waals surface area contributed by atoms with Gasteiger partial charge in [0.15, 0.2) is 5.82 Å². The topological polar surface area (TPSA) is 76.5 Å². The summed E-state index contributed by atoms with van der Waals surface area (Å²) in [6, 6.07) is 13.5. The first-order valence-electron chi connectivity index (χ1n) is 10.9. The van der Waals surface area contributed by atoms with Gasteiger partial charge in [-0.25, -0.2) is 9.78 Å². The standard InChI is InChI=1S/C24H23Cl3N4O3/c1-2-34-24(33)28-17-9-11-30(12-10-17)21-14-22(32)31(18-6-3-15(25)4-7-18)23(29-21)19-8-5-16(26)13-20(19)27/h3-8,13-14,17H,2,9-12H2,1H3,(H,28,33). The average molecular weight is 522 g/mol. The molecule has 34 heavy (non-hydrogen) atoms. The van der Waals surface area contributed by atoms with E-state index < -0.39 is 6.09 Å². The van der Waals surface area contributed by atoms with Crippen LogP contribution in [-0.4, -0.2) is 41.4 Å². The first kappa shape index (κ1) is 24.4. The molecule has 4 rings (SSSR count). The summed E-state index contributed by atoms with van der Waals surface area (Å²) in [4.78, 5) is 31.9. The first-order chi connectivity index (χ1) is 16.4. The quantitative estimate of drug-likeness (QED) is 0.475. The molecule has 1 saturated heterocycles. The van der Waals surface area contributed by atoms with E-state index in [1.807, 2.05) is 4.90 Å². The maximum Gasteiger partial charge on any atom is 0.407 e. The lowest BCUT2D eigenvalue weighted by Crippen LogP contribution is -2.45. The van der Waals surface area contributed by atoms with Gasteiger partial charge in [0.25, 0.3) is 5.56 Å². The van der Waals surface area contributed by atoms with Gasteiger partial charge < -0.3 is 15.0 Å². The summed E-state index contributed by atoms with van der Waals surface area (Å²) in [5.41, 5.74) is 0.950. The number of hydrogen-bond acceptors (Lipinski definition) is 5. The lowest BCUT2D eigenvalue weighted by molar-refractivity contribution is 0.146. The third kappa shape index (κ3) is 5.49. The number of nitrogens with zero attached hydrogens (tertiary/aromatic N) is 3. The molecule has 0 spiro atoms. The smallest absolute Gasteiger partial charge is 0.407 e. The predicted molar refractivity (Wildman–Crippen MR) is 136 cm³/mol. The van der Waals surface area contributed by atoms with Crippen LogP contribution in [0.15, 0.2) is 53.3 Å². The summed E-state index contributed by atoms with van der Waals surface area (Å²) in [5.74, 6) is 0.948. The first-order valence-corrected chi connectivity index (χ1v) is 12.0. The number of carbonyl (C=O) groups is 1. The van der Waals surface area contributed by atoms with E-state index in [0.717, 1.165) is 0 Å². The van der Waals surface area contributed by atoms with Crippen molar-refractivity contribution in [3.05, 3.63) is 74.0 Å². The molecule has 0 saturated carbocycles. The van der Waals surface area contributed by atoms with Gasteiger partial charge in [0.05, 0.1) is 17.3 Å². The SMILES string of the molecule is CCOC(=O)NC1CCN(c2cc(=O)n(-c3ccc(Cl)cc3)c(-c3ccc(Cl)cc3Cl)n2)CC1. The van der Waals surface area contributed by atoms with Crippen molar-refractivity contribution in [3.63, 3.8) is 0 Å². The van der Waals surface area contributed by atoms with E-state index in [9.17, 15) is 9.59 Å². The molecule has 2 aromatic carbocycles. The normalized spacial score (nSPS) is 14.2. The van der Waals surface area contributed by atoms with Crippen LogP contribution in [0.4, 0.5) is 10.6 Å². The van der Waals surface area contributed by atoms with Gasteiger partial charge in [-0.1, -0.05) is 34.8 Å². The number of amides is 1. The Hall–Kier alpha value is -2.74. The van der Waals surface area contributed by atoms with Crippen molar-refractivity contribution < 1.29 is 9.53 Å². The number of nitrogens with one attached hydrogen (secondary N) is 1. The molecule has 0 aliphatic carbocycles. The monoisotopic (exact) mass is 520 g/mol. The van der Waals surface area contributed by atoms with Crippen molar-refractivity contribution in [1.29, 1.82) is 0 Å². The number of aromatic nitrogens is 2. The van der Waals surface area contributed by atoms with Crippen LogP contribution in [0.25, 0.3) is 17.1 Å². The summed E-state index contributed by atoms with van der Waals surface area (Å²) in [6.07, 6.45) is 1.000. The van der Waals surface area contributed by atoms with Gasteiger partial charge in [-0.15, -0.1) is 0 Å². The van der Waals surface area contributed by atoms with Crippen molar-refractivity contribution >= 4 is 46.7 Å². The molecule has 1 amide bonds. The lowest BCUT2D eigenvalue weighted by Gasteiger charge is -2.33. The molecule has 0 bridgehead atoms. The molecule has 1 aliphatic rings. The molecule has 10 heteroatoms. The van der Waals surface area contributed by atoms with Crippen molar-refractivity contribution in [2.24, 2.45) is 0 Å². The third-order valence-corrected chi connectivity index (χ3v) is 6.38. The molecule has 7 nitrogen and oxygen atoms in total. The molecule has 1 fully saturated rings. The Morgan fingerprint density at radius 2 is 1.74 bits per heavy atom. The average Bonchev–Trinajstić information content (AvgIpc) is 2.80. The minimum Gasteiger partial charge on any atom is -0.450 e. The highest BCUT2D eigenvalue weighted by Crippen LogP contribution is 2.31. The van der Waals surface area contributed by atoms with E-state index in [-0.39, 0.29) is 11.6 Å². The second-order valence-electron chi connectivity index (χ2n) is 7.84. The van der Waals surface area contributed by atoms with Gasteiger partial charge in [0.1, 0.15) is 5.82 Å². The molecule has 0 radical (unpaired) electrons. The van der Waals surface area contributed by atoms with Gasteiger partial charge in [-0.2, -0.15) is 0 Å². The highest BCUT2D eigenvalue weighted by atomic mass is 35.5. The van der Waals surface area contributed by atoms with Crippen LogP contribution < -0.4 is 15.8 Å². The number of piperidine rings is 1. The Bertz CT molecular complexity index is 1240. The highest BCUT2D eigenvalue weighted by Gasteiger charge is 2.24. The van der Waals surface area contributed by atoms with Crippen molar-refractivity contribution in [3.8, 4) is 17.1 Å². The molecular weight excluding hydrogens is 499 g/mol. The Morgan fingerprint density at radius 1 is 1.06 bits per heavy atom. The van der Waals surface area contributed by atoms with Gasteiger partial charge in [0.2, 0.25) is 0 Å². The molecular formula is C24H23Cl3N4O3. The molecule has 1 N–H and O–H groups in total. The van der Waals surface area contributed by atoms with Crippen molar-refractivity contribution in [2.45, 2.75) is 25.8 Å². The molecule has 2 heterocycles. The second kappa shape index (κ2) is 10.7. The largest absolute Gasteiger partial charge is 0.450 e. The Balaban J connectivity index is 1.69. The number of alkyl carbamates (subject to hydrolysis) is 1. The fraction of sp³-hybridized carbons (Fsp3) is 0.292. The van der Waals surface area contributed by atoms with Crippen LogP contribution >= 0.6 is 34.8 Å². The fourth-order valence-electron chi connectivity index (χ4n) is 3.92. The summed E-state index contributed by atoms with van der Waals surface area (Å²) in [5, 5.41) is 4.31. The number of anilines is 1. The van der Waals surface area contributed by atoms with E-state index in [1.54, 1.807) is 49.4 Å². The second-order valence-corrected chi connectivity index (χ2v) is 9.12. The van der Waals surface area contributed by atoms with Gasteiger partial charge in [-0.3, -0.25) is 9.36 Å². The highest BCUT2D eigenvalue weighted by molar-refractivity contribution is 6.36. The Morgan fingerprint density at radius 3 is 2.38 bits per heavy atom. The van der Waals surface area contributed by atoms with Gasteiger partial charge >= 0.3 is 6.09 Å². The van der Waals surface area contributed by atoms with E-state index in [2.05, 4.69) is 5.32 Å². The van der Waals surface area contributed by atoms with E-state index in [0.29, 0.717) is 70.5 Å². The summed E-state index contributed by atoms with van der Waals surface area (Å²) < 4.78 is 6.47. The van der Waals surface area contributed by atoms with Crippen LogP contribution in [0.1, 0.15) is 19.8 Å².